The number of piperidine rings is 1. The normalized spacial score (nSPS) is 23.4. The molecule has 0 amide bonds. The number of nitriles is 1. The molecular weight excluding hydrogens is 294 g/mol. The molecule has 0 radical (unpaired) electrons. The molecule has 0 saturated carbocycles. The Morgan fingerprint density at radius 2 is 2.24 bits per heavy atom. The highest BCUT2D eigenvalue weighted by Gasteiger charge is 2.48. The van der Waals surface area contributed by atoms with Crippen molar-refractivity contribution in [2.45, 2.75) is 36.6 Å². The van der Waals surface area contributed by atoms with Gasteiger partial charge in [-0.05, 0) is 38.3 Å². The van der Waals surface area contributed by atoms with Gasteiger partial charge in [-0.2, -0.15) is 9.57 Å². The third kappa shape index (κ3) is 2.50. The minimum Gasteiger partial charge on any atom is -0.480 e. The van der Waals surface area contributed by atoms with Gasteiger partial charge < -0.3 is 5.11 Å². The average Bonchev–Trinajstić information content (AvgIpc) is 2.47. The Balaban J connectivity index is 2.57. The molecule has 1 aliphatic rings. The first-order chi connectivity index (χ1) is 9.84. The number of sulfonamides is 1. The molecule has 21 heavy (non-hydrogen) atoms. The third-order valence-electron chi connectivity index (χ3n) is 3.73. The van der Waals surface area contributed by atoms with Gasteiger partial charge in [0, 0.05) is 12.7 Å². The maximum Gasteiger partial charge on any atom is 0.324 e. The smallest absolute Gasteiger partial charge is 0.324 e. The van der Waals surface area contributed by atoms with Crippen molar-refractivity contribution >= 4 is 16.0 Å². The Morgan fingerprint density at radius 3 is 2.86 bits per heavy atom. The first-order valence-corrected chi connectivity index (χ1v) is 7.89. The Bertz CT molecular complexity index is 710. The number of rotatable bonds is 3. The third-order valence-corrected chi connectivity index (χ3v) is 5.78. The molecule has 1 unspecified atom stereocenters. The van der Waals surface area contributed by atoms with Crippen LogP contribution < -0.4 is 0 Å². The van der Waals surface area contributed by atoms with E-state index in [-0.39, 0.29) is 23.6 Å². The number of nitrogens with zero attached hydrogens (tertiary/aromatic N) is 3. The predicted octanol–water partition coefficient (Wildman–Crippen LogP) is 0.971. The number of carboxylic acids is 1. The van der Waals surface area contributed by atoms with Crippen molar-refractivity contribution in [2.24, 2.45) is 0 Å². The van der Waals surface area contributed by atoms with Gasteiger partial charge in [0.1, 0.15) is 16.5 Å². The molecule has 1 saturated heterocycles. The van der Waals surface area contributed by atoms with E-state index >= 15 is 0 Å². The average molecular weight is 309 g/mol. The maximum atomic E-state index is 12.8. The lowest BCUT2D eigenvalue weighted by molar-refractivity contribution is -0.149. The summed E-state index contributed by atoms with van der Waals surface area (Å²) in [7, 11) is -4.09. The highest BCUT2D eigenvalue weighted by molar-refractivity contribution is 7.89. The van der Waals surface area contributed by atoms with Crippen LogP contribution in [0.15, 0.2) is 23.2 Å². The van der Waals surface area contributed by atoms with E-state index in [1.165, 1.54) is 25.3 Å². The molecule has 1 atom stereocenters. The van der Waals surface area contributed by atoms with Crippen LogP contribution in [0.4, 0.5) is 0 Å². The molecule has 112 valence electrons. The van der Waals surface area contributed by atoms with E-state index in [0.717, 1.165) is 4.31 Å². The van der Waals surface area contributed by atoms with Gasteiger partial charge in [0.15, 0.2) is 5.69 Å². The summed E-state index contributed by atoms with van der Waals surface area (Å²) >= 11 is 0. The summed E-state index contributed by atoms with van der Waals surface area (Å²) in [5.41, 5.74) is -1.73. The van der Waals surface area contributed by atoms with Crippen molar-refractivity contribution in [1.82, 2.24) is 9.29 Å². The fourth-order valence-corrected chi connectivity index (χ4v) is 4.40. The monoisotopic (exact) mass is 309 g/mol. The zero-order valence-electron chi connectivity index (χ0n) is 11.5. The number of aromatic nitrogens is 1. The summed E-state index contributed by atoms with van der Waals surface area (Å²) in [5.74, 6) is -1.19. The SMILES string of the molecule is CC1(C(=O)O)CCCCN1S(=O)(=O)c1cccnc1C#N. The fraction of sp³-hybridized carbons (Fsp3) is 0.462. The molecular formula is C13H15N3O4S. The van der Waals surface area contributed by atoms with Crippen LogP contribution in [-0.4, -0.2) is 40.9 Å². The van der Waals surface area contributed by atoms with Gasteiger partial charge in [-0.1, -0.05) is 0 Å². The molecule has 8 heteroatoms. The van der Waals surface area contributed by atoms with Crippen molar-refractivity contribution in [3.8, 4) is 6.07 Å². The molecule has 0 bridgehead atoms. The summed E-state index contributed by atoms with van der Waals surface area (Å²) in [6, 6.07) is 4.42. The van der Waals surface area contributed by atoms with Gasteiger partial charge in [-0.25, -0.2) is 13.4 Å². The quantitative estimate of drug-likeness (QED) is 0.890. The van der Waals surface area contributed by atoms with Crippen LogP contribution in [0.3, 0.4) is 0 Å². The van der Waals surface area contributed by atoms with Crippen molar-refractivity contribution < 1.29 is 18.3 Å². The van der Waals surface area contributed by atoms with Crippen LogP contribution in [0.2, 0.25) is 0 Å². The molecule has 0 aromatic carbocycles. The lowest BCUT2D eigenvalue weighted by Crippen LogP contribution is -2.57. The zero-order chi connectivity index (χ0) is 15.7. The van der Waals surface area contributed by atoms with Crippen molar-refractivity contribution in [2.75, 3.05) is 6.54 Å². The standard InChI is InChI=1S/C13H15N3O4S/c1-13(12(17)18)6-2-3-8-16(13)21(19,20)11-5-4-7-15-10(11)9-14/h4-5,7H,2-3,6,8H2,1H3,(H,17,18). The van der Waals surface area contributed by atoms with Gasteiger partial charge in [-0.15, -0.1) is 0 Å². The van der Waals surface area contributed by atoms with E-state index in [1.807, 2.05) is 0 Å². The number of carbonyl (C=O) groups is 1. The summed E-state index contributed by atoms with van der Waals surface area (Å²) < 4.78 is 26.5. The van der Waals surface area contributed by atoms with E-state index in [9.17, 15) is 18.3 Å². The van der Waals surface area contributed by atoms with Gasteiger partial charge in [0.05, 0.1) is 0 Å². The number of hydrogen-bond donors (Lipinski definition) is 1. The number of aliphatic carboxylic acids is 1. The molecule has 1 aromatic heterocycles. The highest BCUT2D eigenvalue weighted by Crippen LogP contribution is 2.34. The second kappa shape index (κ2) is 5.42. The molecule has 0 spiro atoms. The van der Waals surface area contributed by atoms with E-state index in [0.29, 0.717) is 12.8 Å². The minimum absolute atomic E-state index is 0.116. The largest absolute Gasteiger partial charge is 0.480 e. The summed E-state index contributed by atoms with van der Waals surface area (Å²) in [6.07, 6.45) is 2.80. The topological polar surface area (TPSA) is 111 Å². The van der Waals surface area contributed by atoms with E-state index < -0.39 is 21.5 Å². The van der Waals surface area contributed by atoms with E-state index in [1.54, 1.807) is 6.07 Å². The van der Waals surface area contributed by atoms with Gasteiger partial charge in [0.2, 0.25) is 10.0 Å². The molecule has 0 aliphatic carbocycles. The zero-order valence-corrected chi connectivity index (χ0v) is 12.3. The molecule has 1 aromatic rings. The predicted molar refractivity (Wildman–Crippen MR) is 72.7 cm³/mol. The number of pyridine rings is 1. The van der Waals surface area contributed by atoms with Gasteiger partial charge in [-0.3, -0.25) is 4.79 Å². The lowest BCUT2D eigenvalue weighted by Gasteiger charge is -2.40. The van der Waals surface area contributed by atoms with Crippen molar-refractivity contribution in [3.63, 3.8) is 0 Å². The van der Waals surface area contributed by atoms with Gasteiger partial charge >= 0.3 is 5.97 Å². The molecule has 2 rings (SSSR count). The first-order valence-electron chi connectivity index (χ1n) is 6.45. The Hall–Kier alpha value is -1.98. The molecule has 1 aliphatic heterocycles. The maximum absolute atomic E-state index is 12.8. The van der Waals surface area contributed by atoms with Crippen molar-refractivity contribution in [1.29, 1.82) is 5.26 Å². The second-order valence-corrected chi connectivity index (χ2v) is 6.91. The Labute approximate surface area is 122 Å². The second-order valence-electron chi connectivity index (χ2n) is 5.08. The van der Waals surface area contributed by atoms with Crippen LogP contribution in [0.25, 0.3) is 0 Å². The van der Waals surface area contributed by atoms with Crippen LogP contribution in [0.1, 0.15) is 31.9 Å². The van der Waals surface area contributed by atoms with Gasteiger partial charge in [0.25, 0.3) is 0 Å². The summed E-state index contributed by atoms with van der Waals surface area (Å²) in [6.45, 7) is 1.51. The molecule has 2 heterocycles. The van der Waals surface area contributed by atoms with Crippen LogP contribution in [-0.2, 0) is 14.8 Å². The van der Waals surface area contributed by atoms with Crippen molar-refractivity contribution in [3.05, 3.63) is 24.0 Å². The summed E-state index contributed by atoms with van der Waals surface area (Å²) in [5, 5.41) is 18.4. The number of hydrogen-bond acceptors (Lipinski definition) is 5. The van der Waals surface area contributed by atoms with Crippen LogP contribution >= 0.6 is 0 Å². The van der Waals surface area contributed by atoms with Crippen LogP contribution in [0.5, 0.6) is 0 Å². The Kier molecular flexibility index (Phi) is 3.98. The van der Waals surface area contributed by atoms with E-state index in [2.05, 4.69) is 4.98 Å². The lowest BCUT2D eigenvalue weighted by atomic mass is 9.91. The highest BCUT2D eigenvalue weighted by atomic mass is 32.2. The first kappa shape index (κ1) is 15.4. The Morgan fingerprint density at radius 1 is 1.52 bits per heavy atom. The molecule has 1 fully saturated rings. The minimum atomic E-state index is -4.09. The summed E-state index contributed by atoms with van der Waals surface area (Å²) in [4.78, 5) is 15.0. The fourth-order valence-electron chi connectivity index (χ4n) is 2.50. The van der Waals surface area contributed by atoms with Crippen LogP contribution in [0, 0.1) is 11.3 Å². The molecule has 7 nitrogen and oxygen atoms in total. The number of carboxylic acid groups (broad SMARTS) is 1. The molecule has 1 N–H and O–H groups in total. The van der Waals surface area contributed by atoms with E-state index in [4.69, 9.17) is 5.26 Å².